The molecule has 1 saturated heterocycles. The molecule has 1 unspecified atom stereocenters. The van der Waals surface area contributed by atoms with E-state index in [1.165, 1.54) is 6.33 Å². The average molecular weight is 505 g/mol. The van der Waals surface area contributed by atoms with Gasteiger partial charge in [-0.2, -0.15) is 12.6 Å². The van der Waals surface area contributed by atoms with E-state index in [1.54, 1.807) is 17.0 Å². The van der Waals surface area contributed by atoms with Crippen molar-refractivity contribution in [2.24, 2.45) is 5.73 Å². The molecule has 0 bridgehead atoms. The van der Waals surface area contributed by atoms with Crippen molar-refractivity contribution >= 4 is 51.6 Å². The molecule has 0 amide bonds. The van der Waals surface area contributed by atoms with Gasteiger partial charge in [0, 0.05) is 0 Å². The van der Waals surface area contributed by atoms with E-state index in [9.17, 15) is 15.0 Å². The Bertz CT molecular complexity index is 885. The summed E-state index contributed by atoms with van der Waals surface area (Å²) in [6.45, 7) is 3.49. The van der Waals surface area contributed by atoms with Crippen molar-refractivity contribution in [2.45, 2.75) is 41.6 Å². The summed E-state index contributed by atoms with van der Waals surface area (Å²) in [5.74, 6) is -0.163. The molecule has 166 valence electrons. The molecule has 11 nitrogen and oxygen atoms in total. The second-order valence-electron chi connectivity index (χ2n) is 6.61. The van der Waals surface area contributed by atoms with Crippen LogP contribution >= 0.6 is 12.6 Å². The number of carboxylic acid groups (broad SMARTS) is 1. The van der Waals surface area contributed by atoms with Crippen LogP contribution < -0.4 is 11.5 Å². The third-order valence-corrected chi connectivity index (χ3v) is 6.41. The molecule has 3 heterocycles. The summed E-state index contributed by atoms with van der Waals surface area (Å²) in [6.07, 6.45) is 3.93. The average Bonchev–Trinajstić information content (AvgIpc) is 3.25. The number of imidazole rings is 1. The van der Waals surface area contributed by atoms with Gasteiger partial charge in [0.25, 0.3) is 0 Å². The first kappa shape index (κ1) is 24.5. The maximum absolute atomic E-state index is 10.3. The van der Waals surface area contributed by atoms with Crippen molar-refractivity contribution in [1.82, 2.24) is 19.5 Å². The van der Waals surface area contributed by atoms with Gasteiger partial charge in [0.15, 0.2) is 0 Å². The molecule has 2 aromatic heterocycles. The molecule has 1 aliphatic rings. The SMILES string of the molecule is C=CC[C@@]1(n2cnc3c(N)ncnc32)O[C@H](CO)[C@@H](O)[C@H]1[SeH].NC(CCS)C(=O)O. The number of carbonyl (C=O) groups is 1. The van der Waals surface area contributed by atoms with Crippen molar-refractivity contribution in [3.05, 3.63) is 25.3 Å². The zero-order valence-electron chi connectivity index (χ0n) is 16.1. The Morgan fingerprint density at radius 3 is 2.70 bits per heavy atom. The Labute approximate surface area is 186 Å². The number of carboxylic acids is 1. The van der Waals surface area contributed by atoms with E-state index in [4.69, 9.17) is 21.3 Å². The van der Waals surface area contributed by atoms with E-state index in [2.05, 4.69) is 50.2 Å². The van der Waals surface area contributed by atoms with Gasteiger partial charge in [-0.15, -0.1) is 0 Å². The van der Waals surface area contributed by atoms with Crippen LogP contribution in [0.25, 0.3) is 11.2 Å². The summed E-state index contributed by atoms with van der Waals surface area (Å²) in [4.78, 5) is 22.0. The van der Waals surface area contributed by atoms with E-state index in [-0.39, 0.29) is 17.2 Å². The minimum Gasteiger partial charge on any atom is -0.480 e. The van der Waals surface area contributed by atoms with Gasteiger partial charge in [-0.1, -0.05) is 0 Å². The molecule has 5 atom stereocenters. The van der Waals surface area contributed by atoms with Gasteiger partial charge < -0.3 is 10.8 Å². The van der Waals surface area contributed by atoms with E-state index < -0.39 is 29.9 Å². The molecule has 0 saturated carbocycles. The van der Waals surface area contributed by atoms with Crippen molar-refractivity contribution in [1.29, 1.82) is 0 Å². The zero-order valence-corrected chi connectivity index (χ0v) is 18.8. The van der Waals surface area contributed by atoms with Gasteiger partial charge in [0.05, 0.1) is 0 Å². The number of aliphatic hydroxyl groups excluding tert-OH is 2. The third kappa shape index (κ3) is 4.78. The summed E-state index contributed by atoms with van der Waals surface area (Å²) in [7, 11) is 0. The van der Waals surface area contributed by atoms with Gasteiger partial charge >= 0.3 is 140 Å². The van der Waals surface area contributed by atoms with Gasteiger partial charge in [0.2, 0.25) is 0 Å². The third-order valence-electron chi connectivity index (χ3n) is 4.67. The van der Waals surface area contributed by atoms with E-state index in [1.807, 2.05) is 0 Å². The number of hydrogen-bond donors (Lipinski definition) is 6. The number of aromatic nitrogens is 4. The number of rotatable bonds is 7. The fourth-order valence-electron chi connectivity index (χ4n) is 3.08. The maximum atomic E-state index is 10.3. The molecule has 3 rings (SSSR count). The first-order chi connectivity index (χ1) is 14.2. The number of nitrogens with zero attached hydrogens (tertiary/aromatic N) is 4. The minimum absolute atomic E-state index is 0.275. The number of nitrogens with two attached hydrogens (primary N) is 2. The first-order valence-corrected chi connectivity index (χ1v) is 10.7. The number of aliphatic carboxylic acids is 1. The Morgan fingerprint density at radius 2 is 2.20 bits per heavy atom. The number of anilines is 1. The van der Waals surface area contributed by atoms with E-state index >= 15 is 0 Å². The second-order valence-corrected chi connectivity index (χ2v) is 8.23. The number of nitrogen functional groups attached to an aromatic ring is 1. The molecule has 0 aliphatic carbocycles. The molecule has 30 heavy (non-hydrogen) atoms. The summed E-state index contributed by atoms with van der Waals surface area (Å²) in [5.41, 5.74) is 10.9. The molecular weight excluding hydrogens is 479 g/mol. The molecule has 0 spiro atoms. The Morgan fingerprint density at radius 1 is 1.50 bits per heavy atom. The number of hydrogen-bond acceptors (Lipinski definition) is 10. The standard InChI is InChI=1S/C13H17N5O3Se.C4H9NO2S/c1-2-3-13(10(22)9(20)7(4-19)21-13)18-6-17-8-11(14)15-5-16-12(8)18;5-3(1-2-8)4(6)7/h2,5-7,9-10,19-20,22H,1,3-4H2,(H2,14,15,16);3,8H,1-2,5H2,(H,6,7)/t7-,9-,10-,13-;/m1./s1. The Balaban J connectivity index is 0.000000343. The van der Waals surface area contributed by atoms with E-state index in [0.717, 1.165) is 0 Å². The van der Waals surface area contributed by atoms with Gasteiger partial charge in [-0.3, -0.25) is 4.79 Å². The molecule has 0 aromatic carbocycles. The summed E-state index contributed by atoms with van der Waals surface area (Å²) in [6, 6.07) is -0.743. The molecule has 13 heteroatoms. The first-order valence-electron chi connectivity index (χ1n) is 9.02. The number of ether oxygens (including phenoxy) is 1. The quantitative estimate of drug-likeness (QED) is 0.152. The van der Waals surface area contributed by atoms with Crippen molar-refractivity contribution in [2.75, 3.05) is 18.1 Å². The number of fused-ring (bicyclic) bond motifs is 1. The molecule has 0 radical (unpaired) electrons. The summed E-state index contributed by atoms with van der Waals surface area (Å²) >= 11 is 6.21. The Kier molecular flexibility index (Phi) is 8.61. The van der Waals surface area contributed by atoms with Crippen LogP contribution in [0.1, 0.15) is 12.8 Å². The van der Waals surface area contributed by atoms with Crippen LogP contribution in [0.2, 0.25) is 4.82 Å². The van der Waals surface area contributed by atoms with Gasteiger partial charge in [-0.05, 0) is 12.2 Å². The molecule has 1 aliphatic heterocycles. The Hall–Kier alpha value is -1.73. The van der Waals surface area contributed by atoms with Crippen molar-refractivity contribution in [3.63, 3.8) is 0 Å². The predicted molar refractivity (Wildman–Crippen MR) is 115 cm³/mol. The zero-order chi connectivity index (χ0) is 22.5. The molecule has 7 N–H and O–H groups in total. The number of thiol groups is 1. The largest absolute Gasteiger partial charge is 0.480 e. The maximum Gasteiger partial charge on any atom is 0.320 e. The fourth-order valence-corrected chi connectivity index (χ4v) is 4.37. The molecule has 2 aromatic rings. The summed E-state index contributed by atoms with van der Waals surface area (Å²) < 4.78 is 7.72. The second kappa shape index (κ2) is 10.5. The smallest absolute Gasteiger partial charge is 0.320 e. The monoisotopic (exact) mass is 506 g/mol. The van der Waals surface area contributed by atoms with E-state index in [0.29, 0.717) is 29.8 Å². The van der Waals surface area contributed by atoms with Crippen molar-refractivity contribution < 1.29 is 24.9 Å². The predicted octanol–water partition coefficient (Wildman–Crippen LogP) is -1.20. The van der Waals surface area contributed by atoms with Crippen LogP contribution in [0.3, 0.4) is 0 Å². The van der Waals surface area contributed by atoms with Crippen LogP contribution in [0, 0.1) is 0 Å². The topological polar surface area (TPSA) is 183 Å². The molecular formula is C17H26N6O5SSe. The minimum atomic E-state index is -0.959. The normalized spacial score (nSPS) is 26.8. The molecule has 1 fully saturated rings. The van der Waals surface area contributed by atoms with Crippen LogP contribution in [0.15, 0.2) is 25.3 Å². The van der Waals surface area contributed by atoms with Crippen LogP contribution in [-0.4, -0.2) is 87.4 Å². The summed E-state index contributed by atoms with van der Waals surface area (Å²) in [5, 5.41) is 27.9. The van der Waals surface area contributed by atoms with Gasteiger partial charge in [0.1, 0.15) is 6.04 Å². The van der Waals surface area contributed by atoms with Crippen LogP contribution in [0.4, 0.5) is 5.82 Å². The van der Waals surface area contributed by atoms with Crippen LogP contribution in [-0.2, 0) is 15.3 Å². The van der Waals surface area contributed by atoms with Crippen LogP contribution in [0.5, 0.6) is 0 Å². The van der Waals surface area contributed by atoms with Crippen molar-refractivity contribution in [3.8, 4) is 0 Å². The fraction of sp³-hybridized carbons (Fsp3) is 0.529. The van der Waals surface area contributed by atoms with Gasteiger partial charge in [-0.25, -0.2) is 0 Å². The number of aliphatic hydroxyl groups is 2.